The van der Waals surface area contributed by atoms with Crippen molar-refractivity contribution in [1.82, 2.24) is 30.0 Å². The van der Waals surface area contributed by atoms with Crippen LogP contribution in [0.15, 0.2) is 54.9 Å². The molecule has 1 aromatic carbocycles. The molecule has 1 aliphatic carbocycles. The van der Waals surface area contributed by atoms with Gasteiger partial charge in [-0.1, -0.05) is 25.6 Å². The Bertz CT molecular complexity index is 2180. The third-order valence-electron chi connectivity index (χ3n) is 8.17. The number of hydrogen-bond donors (Lipinski definition) is 2. The van der Waals surface area contributed by atoms with Crippen LogP contribution in [0.1, 0.15) is 59.2 Å². The highest BCUT2D eigenvalue weighted by Crippen LogP contribution is 2.52. The van der Waals surface area contributed by atoms with Crippen molar-refractivity contribution in [2.24, 2.45) is 0 Å². The van der Waals surface area contributed by atoms with Crippen molar-refractivity contribution in [1.29, 1.82) is 0 Å². The quantitative estimate of drug-likeness (QED) is 0.0955. The SMILES string of the molecule is C[Si](C)(C)C#Cc1ccc(-c2cnc3[nH]ccc3c2)c(C(Cc2cc(F)cc(F)c2)NC(=O)Cn2nc(C(F)F)c3c2C(F)(F)CCC3(F)F)n1. The minimum absolute atomic E-state index is 0.0750. The van der Waals surface area contributed by atoms with E-state index in [1.807, 2.05) is 19.6 Å². The number of benzene rings is 1. The van der Waals surface area contributed by atoms with Gasteiger partial charge in [0.2, 0.25) is 5.91 Å². The highest BCUT2D eigenvalue weighted by Gasteiger charge is 2.55. The maximum Gasteiger partial charge on any atom is 0.290 e. The van der Waals surface area contributed by atoms with E-state index in [0.29, 0.717) is 28.5 Å². The lowest BCUT2D eigenvalue weighted by molar-refractivity contribution is -0.123. The Morgan fingerprint density at radius 2 is 1.71 bits per heavy atom. The number of carbonyl (C=O) groups excluding carboxylic acids is 1. The molecule has 4 heterocycles. The first kappa shape index (κ1) is 35.8. The summed E-state index contributed by atoms with van der Waals surface area (Å²) < 4.78 is 116. The monoisotopic (exact) mass is 730 g/mol. The van der Waals surface area contributed by atoms with Crippen LogP contribution in [0.3, 0.4) is 0 Å². The molecule has 7 nitrogen and oxygen atoms in total. The molecule has 0 spiro atoms. The molecule has 1 aliphatic rings. The Morgan fingerprint density at radius 1 is 1.00 bits per heavy atom. The topological polar surface area (TPSA) is 88.5 Å². The third kappa shape index (κ3) is 7.68. The number of nitrogens with one attached hydrogen (secondary N) is 2. The number of fused-ring (bicyclic) bond motifs is 2. The zero-order valence-electron chi connectivity index (χ0n) is 27.4. The van der Waals surface area contributed by atoms with Gasteiger partial charge < -0.3 is 10.3 Å². The second-order valence-electron chi connectivity index (χ2n) is 13.3. The number of nitrogens with zero attached hydrogens (tertiary/aromatic N) is 4. The molecule has 1 amide bonds. The molecule has 0 aliphatic heterocycles. The number of H-pyrrole nitrogens is 1. The van der Waals surface area contributed by atoms with Crippen LogP contribution >= 0.6 is 0 Å². The zero-order valence-corrected chi connectivity index (χ0v) is 28.4. The summed E-state index contributed by atoms with van der Waals surface area (Å²) in [6, 6.07) is 8.38. The van der Waals surface area contributed by atoms with Crippen LogP contribution in [-0.2, 0) is 29.6 Å². The molecule has 51 heavy (non-hydrogen) atoms. The predicted octanol–water partition coefficient (Wildman–Crippen LogP) is 8.34. The lowest BCUT2D eigenvalue weighted by Crippen LogP contribution is -2.37. The van der Waals surface area contributed by atoms with Crippen LogP contribution in [-0.4, -0.2) is 38.7 Å². The fraction of sp³-hybridized carbons (Fsp3) is 0.314. The fourth-order valence-electron chi connectivity index (χ4n) is 5.99. The number of hydrogen-bond acceptors (Lipinski definition) is 4. The van der Waals surface area contributed by atoms with E-state index in [2.05, 4.69) is 31.8 Å². The Morgan fingerprint density at radius 3 is 2.39 bits per heavy atom. The molecule has 2 N–H and O–H groups in total. The van der Waals surface area contributed by atoms with E-state index in [0.717, 1.165) is 17.5 Å². The number of amides is 1. The summed E-state index contributed by atoms with van der Waals surface area (Å²) in [5, 5.41) is 6.70. The summed E-state index contributed by atoms with van der Waals surface area (Å²) in [6.07, 6.45) is -3.43. The normalized spacial score (nSPS) is 15.7. The molecule has 0 radical (unpaired) electrons. The lowest BCUT2D eigenvalue weighted by Gasteiger charge is -2.29. The Kier molecular flexibility index (Phi) is 9.30. The molecule has 266 valence electrons. The second-order valence-corrected chi connectivity index (χ2v) is 18.1. The van der Waals surface area contributed by atoms with Crippen molar-refractivity contribution < 1.29 is 39.9 Å². The maximum atomic E-state index is 15.1. The van der Waals surface area contributed by atoms with Gasteiger partial charge in [-0.05, 0) is 48.4 Å². The smallest absolute Gasteiger partial charge is 0.290 e. The van der Waals surface area contributed by atoms with E-state index in [1.165, 1.54) is 6.20 Å². The van der Waals surface area contributed by atoms with Crippen LogP contribution in [0.25, 0.3) is 22.2 Å². The molecule has 0 saturated heterocycles. The van der Waals surface area contributed by atoms with Gasteiger partial charge in [0.1, 0.15) is 49.0 Å². The second kappa shape index (κ2) is 13.3. The fourth-order valence-corrected chi connectivity index (χ4v) is 6.49. The molecule has 6 rings (SSSR count). The molecular formula is C35H30F8N6OSi. The first-order valence-corrected chi connectivity index (χ1v) is 19.3. The number of pyridine rings is 2. The predicted molar refractivity (Wildman–Crippen MR) is 175 cm³/mol. The van der Waals surface area contributed by atoms with Gasteiger partial charge in [0.05, 0.1) is 17.3 Å². The summed E-state index contributed by atoms with van der Waals surface area (Å²) in [5.41, 5.74) is 0.642. The Labute approximate surface area is 287 Å². The number of halogens is 8. The number of carbonyl (C=O) groups is 1. The van der Waals surface area contributed by atoms with Crippen molar-refractivity contribution in [3.63, 3.8) is 0 Å². The Balaban J connectivity index is 1.47. The minimum Gasteiger partial charge on any atom is -0.346 e. The molecule has 16 heteroatoms. The first-order valence-electron chi connectivity index (χ1n) is 15.8. The lowest BCUT2D eigenvalue weighted by atomic mass is 9.89. The van der Waals surface area contributed by atoms with E-state index in [9.17, 15) is 31.1 Å². The highest BCUT2D eigenvalue weighted by atomic mass is 28.3. The molecule has 5 aromatic rings. The van der Waals surface area contributed by atoms with Crippen LogP contribution in [0, 0.1) is 23.1 Å². The molecule has 1 unspecified atom stereocenters. The molecular weight excluding hydrogens is 700 g/mol. The van der Waals surface area contributed by atoms with Gasteiger partial charge in [-0.15, -0.1) is 5.54 Å². The van der Waals surface area contributed by atoms with Gasteiger partial charge in [0.15, 0.2) is 0 Å². The highest BCUT2D eigenvalue weighted by molar-refractivity contribution is 6.83. The number of aromatic amines is 1. The molecule has 0 bridgehead atoms. The summed E-state index contributed by atoms with van der Waals surface area (Å²) in [4.78, 5) is 25.8. The molecule has 4 aromatic heterocycles. The van der Waals surface area contributed by atoms with Crippen molar-refractivity contribution in [3.05, 3.63) is 100 Å². The summed E-state index contributed by atoms with van der Waals surface area (Å²) >= 11 is 0. The van der Waals surface area contributed by atoms with E-state index < -0.39 is 86.3 Å². The number of aromatic nitrogens is 5. The van der Waals surface area contributed by atoms with E-state index in [-0.39, 0.29) is 22.4 Å². The third-order valence-corrected chi connectivity index (χ3v) is 9.05. The van der Waals surface area contributed by atoms with Gasteiger partial charge in [-0.3, -0.25) is 9.48 Å². The van der Waals surface area contributed by atoms with E-state index in [1.54, 1.807) is 30.5 Å². The van der Waals surface area contributed by atoms with Crippen LogP contribution in [0.4, 0.5) is 35.1 Å². The Hall–Kier alpha value is -5.04. The van der Waals surface area contributed by atoms with E-state index in [4.69, 9.17) is 4.98 Å². The first-order chi connectivity index (χ1) is 23.9. The molecule has 0 saturated carbocycles. The van der Waals surface area contributed by atoms with Gasteiger partial charge in [0, 0.05) is 47.8 Å². The summed E-state index contributed by atoms with van der Waals surface area (Å²) in [5.74, 6) is -7.91. The van der Waals surface area contributed by atoms with Gasteiger partial charge in [-0.2, -0.15) is 13.9 Å². The van der Waals surface area contributed by atoms with Crippen LogP contribution in [0.2, 0.25) is 19.6 Å². The largest absolute Gasteiger partial charge is 0.346 e. The van der Waals surface area contributed by atoms with E-state index >= 15 is 8.78 Å². The van der Waals surface area contributed by atoms with Gasteiger partial charge in [-0.25, -0.2) is 36.3 Å². The molecule has 1 atom stereocenters. The van der Waals surface area contributed by atoms with Gasteiger partial charge in [0.25, 0.3) is 18.3 Å². The van der Waals surface area contributed by atoms with Crippen molar-refractivity contribution in [2.75, 3.05) is 0 Å². The maximum absolute atomic E-state index is 15.1. The van der Waals surface area contributed by atoms with Crippen LogP contribution < -0.4 is 5.32 Å². The zero-order chi connectivity index (χ0) is 36.9. The molecule has 0 fully saturated rings. The van der Waals surface area contributed by atoms with Crippen molar-refractivity contribution in [2.45, 2.75) is 69.8 Å². The minimum atomic E-state index is -4.04. The average molecular weight is 731 g/mol. The van der Waals surface area contributed by atoms with Crippen LogP contribution in [0.5, 0.6) is 0 Å². The van der Waals surface area contributed by atoms with Crippen molar-refractivity contribution >= 4 is 25.0 Å². The summed E-state index contributed by atoms with van der Waals surface area (Å²) in [7, 11) is -1.91. The average Bonchev–Trinajstić information content (AvgIpc) is 3.67. The standard InChI is InChI=1S/C35H30F8N6OSi/c1-51(2,3)11-7-24-4-5-25(21-15-20-6-10-44-33(20)45-17-21)29(46-24)26(14-19-12-22(36)16-23(37)13-19)47-27(50)18-49-31-28(30(48-49)32(38)39)34(40,41)8-9-35(31,42)43/h4-6,10,12-13,15-17,26,32H,8-9,14,18H2,1-3H3,(H,44,45)(H,47,50). The number of alkyl halides is 6. The van der Waals surface area contributed by atoms with Gasteiger partial charge >= 0.3 is 0 Å². The van der Waals surface area contributed by atoms with Crippen molar-refractivity contribution in [3.8, 4) is 22.6 Å². The number of rotatable bonds is 8. The summed E-state index contributed by atoms with van der Waals surface area (Å²) in [6.45, 7) is 4.89.